The summed E-state index contributed by atoms with van der Waals surface area (Å²) in [4.78, 5) is 29.0. The fourth-order valence-electron chi connectivity index (χ4n) is 2.69. The molecule has 0 saturated carbocycles. The Kier molecular flexibility index (Phi) is 8.25. The van der Waals surface area contributed by atoms with Crippen molar-refractivity contribution in [3.8, 4) is 5.75 Å². The third kappa shape index (κ3) is 5.86. The highest BCUT2D eigenvalue weighted by atomic mass is 35.5. The van der Waals surface area contributed by atoms with Crippen LogP contribution in [0.5, 0.6) is 5.75 Å². The van der Waals surface area contributed by atoms with Crippen LogP contribution in [-0.2, 0) is 4.74 Å². The average molecular weight is 512 g/mol. The van der Waals surface area contributed by atoms with Crippen LogP contribution in [0.1, 0.15) is 40.5 Å². The van der Waals surface area contributed by atoms with E-state index in [9.17, 15) is 9.59 Å². The molecule has 0 fully saturated rings. The Bertz CT molecular complexity index is 1160. The van der Waals surface area contributed by atoms with E-state index in [1.54, 1.807) is 18.2 Å². The first kappa shape index (κ1) is 24.2. The van der Waals surface area contributed by atoms with Gasteiger partial charge >= 0.3 is 5.97 Å². The Balaban J connectivity index is 1.66. The van der Waals surface area contributed by atoms with E-state index in [1.165, 1.54) is 30.6 Å². The van der Waals surface area contributed by atoms with Crippen LogP contribution in [0, 0.1) is 0 Å². The number of rotatable bonds is 7. The molecule has 168 valence electrons. The number of thiazole rings is 1. The molecule has 0 spiro atoms. The van der Waals surface area contributed by atoms with Crippen molar-refractivity contribution in [1.29, 1.82) is 0 Å². The maximum atomic E-state index is 12.5. The summed E-state index contributed by atoms with van der Waals surface area (Å²) < 4.78 is 11.1. The SMILES string of the molecule is CCCCOC(=O)c1ccc2nc(NC(=S)NC(=O)c3cc(Cl)c(OC)c(Cl)c3)sc2c1. The molecule has 0 aliphatic heterocycles. The third-order valence-corrected chi connectivity index (χ3v) is 5.97. The van der Waals surface area contributed by atoms with E-state index in [4.69, 9.17) is 44.9 Å². The van der Waals surface area contributed by atoms with E-state index in [0.717, 1.165) is 17.5 Å². The van der Waals surface area contributed by atoms with Crippen molar-refractivity contribution in [2.45, 2.75) is 19.8 Å². The molecule has 0 bridgehead atoms. The van der Waals surface area contributed by atoms with E-state index < -0.39 is 5.91 Å². The molecule has 1 amide bonds. The second-order valence-electron chi connectivity index (χ2n) is 6.57. The van der Waals surface area contributed by atoms with Gasteiger partial charge in [0.2, 0.25) is 0 Å². The van der Waals surface area contributed by atoms with E-state index in [2.05, 4.69) is 15.6 Å². The number of amides is 1. The lowest BCUT2D eigenvalue weighted by Crippen LogP contribution is -2.34. The Morgan fingerprint density at radius 3 is 2.53 bits per heavy atom. The monoisotopic (exact) mass is 511 g/mol. The van der Waals surface area contributed by atoms with Crippen molar-refractivity contribution in [3.63, 3.8) is 0 Å². The molecule has 7 nitrogen and oxygen atoms in total. The van der Waals surface area contributed by atoms with Gasteiger partial charge in [0.25, 0.3) is 5.91 Å². The minimum atomic E-state index is -0.493. The summed E-state index contributed by atoms with van der Waals surface area (Å²) in [5, 5.41) is 6.36. The van der Waals surface area contributed by atoms with Crippen molar-refractivity contribution in [3.05, 3.63) is 51.5 Å². The number of thiocarbonyl (C=S) groups is 1. The largest absolute Gasteiger partial charge is 0.494 e. The van der Waals surface area contributed by atoms with Crippen molar-refractivity contribution in [1.82, 2.24) is 10.3 Å². The minimum Gasteiger partial charge on any atom is -0.494 e. The number of aromatic nitrogens is 1. The Morgan fingerprint density at radius 2 is 1.88 bits per heavy atom. The van der Waals surface area contributed by atoms with Gasteiger partial charge in [0.1, 0.15) is 0 Å². The number of hydrogen-bond acceptors (Lipinski definition) is 7. The van der Waals surface area contributed by atoms with E-state index in [1.807, 2.05) is 6.92 Å². The zero-order valence-corrected chi connectivity index (χ0v) is 20.3. The lowest BCUT2D eigenvalue weighted by Gasteiger charge is -2.10. The fourth-order valence-corrected chi connectivity index (χ4v) is 4.49. The van der Waals surface area contributed by atoms with Gasteiger partial charge in [-0.2, -0.15) is 0 Å². The minimum absolute atomic E-state index is 0.0521. The molecule has 0 radical (unpaired) electrons. The molecule has 1 heterocycles. The molecule has 32 heavy (non-hydrogen) atoms. The standard InChI is InChI=1S/C21H19Cl2N3O4S2/c1-3-4-7-30-19(28)11-5-6-15-16(10-11)32-21(24-15)26-20(31)25-18(27)12-8-13(22)17(29-2)14(23)9-12/h5-6,8-10H,3-4,7H2,1-2H3,(H2,24,25,26,27,31). The molecular weight excluding hydrogens is 493 g/mol. The number of unbranched alkanes of at least 4 members (excludes halogenated alkanes) is 1. The van der Waals surface area contributed by atoms with Gasteiger partial charge < -0.3 is 14.8 Å². The van der Waals surface area contributed by atoms with Crippen molar-refractivity contribution >= 4 is 79.1 Å². The van der Waals surface area contributed by atoms with Crippen molar-refractivity contribution in [2.75, 3.05) is 19.0 Å². The molecule has 2 N–H and O–H groups in total. The fraction of sp³-hybridized carbons (Fsp3) is 0.238. The van der Waals surface area contributed by atoms with Gasteiger partial charge in [-0.05, 0) is 49.0 Å². The molecule has 0 aliphatic rings. The first-order valence-corrected chi connectivity index (χ1v) is 11.5. The smallest absolute Gasteiger partial charge is 0.338 e. The molecule has 11 heteroatoms. The summed E-state index contributed by atoms with van der Waals surface area (Å²) in [5.41, 5.74) is 1.36. The van der Waals surface area contributed by atoms with Crippen molar-refractivity contribution in [2.24, 2.45) is 0 Å². The van der Waals surface area contributed by atoms with Crippen LogP contribution < -0.4 is 15.4 Å². The van der Waals surface area contributed by atoms with Crippen LogP contribution in [0.15, 0.2) is 30.3 Å². The number of ether oxygens (including phenoxy) is 2. The summed E-state index contributed by atoms with van der Waals surface area (Å²) >= 11 is 18.7. The van der Waals surface area contributed by atoms with Crippen molar-refractivity contribution < 1.29 is 19.1 Å². The van der Waals surface area contributed by atoms with Crippen LogP contribution >= 0.6 is 46.8 Å². The summed E-state index contributed by atoms with van der Waals surface area (Å²) in [6.07, 6.45) is 1.77. The number of benzene rings is 2. The highest BCUT2D eigenvalue weighted by Gasteiger charge is 2.16. The first-order chi connectivity index (χ1) is 15.3. The summed E-state index contributed by atoms with van der Waals surface area (Å²) in [7, 11) is 1.43. The van der Waals surface area contributed by atoms with Gasteiger partial charge in [-0.1, -0.05) is 47.9 Å². The number of methoxy groups -OCH3 is 1. The number of nitrogens with one attached hydrogen (secondary N) is 2. The van der Waals surface area contributed by atoms with Crippen LogP contribution in [0.25, 0.3) is 10.2 Å². The molecule has 0 saturated heterocycles. The van der Waals surface area contributed by atoms with Crippen LogP contribution in [0.2, 0.25) is 10.0 Å². The quantitative estimate of drug-likeness (QED) is 0.239. The number of carbonyl (C=O) groups excluding carboxylic acids is 2. The Hall–Kier alpha value is -2.46. The number of carbonyl (C=O) groups is 2. The molecule has 0 unspecified atom stereocenters. The van der Waals surface area contributed by atoms with Gasteiger partial charge in [-0.3, -0.25) is 10.1 Å². The Labute approximate surface area is 204 Å². The maximum Gasteiger partial charge on any atom is 0.338 e. The molecule has 1 aromatic heterocycles. The number of halogens is 2. The maximum absolute atomic E-state index is 12.5. The molecule has 0 aliphatic carbocycles. The van der Waals surface area contributed by atoms with Crippen LogP contribution in [0.4, 0.5) is 5.13 Å². The zero-order valence-electron chi connectivity index (χ0n) is 17.2. The molecule has 2 aromatic carbocycles. The van der Waals surface area contributed by atoms with Gasteiger partial charge in [0, 0.05) is 5.56 Å². The predicted octanol–water partition coefficient (Wildman–Crippen LogP) is 5.70. The Morgan fingerprint density at radius 1 is 1.16 bits per heavy atom. The normalized spacial score (nSPS) is 10.6. The summed E-state index contributed by atoms with van der Waals surface area (Å²) in [6.45, 7) is 2.42. The average Bonchev–Trinajstić information content (AvgIpc) is 3.14. The zero-order chi connectivity index (χ0) is 23.3. The first-order valence-electron chi connectivity index (χ1n) is 9.55. The number of esters is 1. The number of nitrogens with zero attached hydrogens (tertiary/aromatic N) is 1. The highest BCUT2D eigenvalue weighted by molar-refractivity contribution is 7.80. The van der Waals surface area contributed by atoms with Gasteiger partial charge in [-0.15, -0.1) is 0 Å². The second kappa shape index (κ2) is 10.9. The number of hydrogen-bond donors (Lipinski definition) is 2. The second-order valence-corrected chi connectivity index (χ2v) is 8.83. The van der Waals surface area contributed by atoms with Crippen LogP contribution in [0.3, 0.4) is 0 Å². The van der Waals surface area contributed by atoms with Gasteiger partial charge in [0.15, 0.2) is 16.0 Å². The third-order valence-electron chi connectivity index (χ3n) is 4.27. The lowest BCUT2D eigenvalue weighted by atomic mass is 10.2. The number of anilines is 1. The molecule has 0 atom stereocenters. The van der Waals surface area contributed by atoms with E-state index >= 15 is 0 Å². The number of fused-ring (bicyclic) bond motifs is 1. The molecule has 3 aromatic rings. The molecule has 3 rings (SSSR count). The summed E-state index contributed by atoms with van der Waals surface area (Å²) in [6, 6.07) is 7.98. The topological polar surface area (TPSA) is 89.5 Å². The lowest BCUT2D eigenvalue weighted by molar-refractivity contribution is 0.0500. The van der Waals surface area contributed by atoms with Crippen LogP contribution in [-0.4, -0.2) is 35.7 Å². The van der Waals surface area contributed by atoms with E-state index in [-0.39, 0.29) is 32.4 Å². The predicted molar refractivity (Wildman–Crippen MR) is 132 cm³/mol. The molecular formula is C21H19Cl2N3O4S2. The van der Waals surface area contributed by atoms with Gasteiger partial charge in [-0.25, -0.2) is 9.78 Å². The highest BCUT2D eigenvalue weighted by Crippen LogP contribution is 2.33. The van der Waals surface area contributed by atoms with E-state index in [0.29, 0.717) is 22.8 Å². The summed E-state index contributed by atoms with van der Waals surface area (Å²) in [5.74, 6) is -0.580. The van der Waals surface area contributed by atoms with Gasteiger partial charge in [0.05, 0.1) is 39.5 Å².